The van der Waals surface area contributed by atoms with Gasteiger partial charge in [0.15, 0.2) is 5.82 Å². The number of hydrogen-bond acceptors (Lipinski definition) is 5. The Bertz CT molecular complexity index is 424. The summed E-state index contributed by atoms with van der Waals surface area (Å²) in [6.07, 6.45) is 5.19. The molecule has 1 aromatic rings. The van der Waals surface area contributed by atoms with Gasteiger partial charge in [-0.25, -0.2) is 0 Å². The molecule has 1 fully saturated rings. The van der Waals surface area contributed by atoms with Crippen LogP contribution in [0.2, 0.25) is 0 Å². The molecule has 0 amide bonds. The van der Waals surface area contributed by atoms with Crippen molar-refractivity contribution < 1.29 is 19.2 Å². The highest BCUT2D eigenvalue weighted by Crippen LogP contribution is 2.40. The van der Waals surface area contributed by atoms with Gasteiger partial charge in [0.2, 0.25) is 5.89 Å². The van der Waals surface area contributed by atoms with Crippen LogP contribution in [-0.4, -0.2) is 34.9 Å². The molecule has 1 aromatic heterocycles. The van der Waals surface area contributed by atoms with Gasteiger partial charge >= 0.3 is 5.97 Å². The number of nitrogens with zero attached hydrogens (tertiary/aromatic N) is 2. The molecule has 0 saturated heterocycles. The lowest BCUT2D eigenvalue weighted by Crippen LogP contribution is -2.30. The number of ether oxygens (including phenoxy) is 1. The minimum Gasteiger partial charge on any atom is -0.481 e. The van der Waals surface area contributed by atoms with Crippen molar-refractivity contribution in [2.24, 2.45) is 5.41 Å². The van der Waals surface area contributed by atoms with Crippen molar-refractivity contribution in [1.29, 1.82) is 0 Å². The van der Waals surface area contributed by atoms with Crippen LogP contribution in [0.4, 0.5) is 0 Å². The number of carboxylic acid groups (broad SMARTS) is 1. The predicted octanol–water partition coefficient (Wildman–Crippen LogP) is 1.84. The Morgan fingerprint density at radius 3 is 2.84 bits per heavy atom. The van der Waals surface area contributed by atoms with Crippen molar-refractivity contribution in [3.05, 3.63) is 11.7 Å². The van der Waals surface area contributed by atoms with E-state index >= 15 is 0 Å². The molecule has 0 atom stereocenters. The van der Waals surface area contributed by atoms with Crippen LogP contribution >= 0.6 is 0 Å². The van der Waals surface area contributed by atoms with Gasteiger partial charge in [-0.2, -0.15) is 4.98 Å². The maximum Gasteiger partial charge on any atom is 0.310 e. The molecular weight excluding hydrogens is 248 g/mol. The summed E-state index contributed by atoms with van der Waals surface area (Å²) in [6.45, 7) is 0.656. The van der Waals surface area contributed by atoms with E-state index in [0.717, 1.165) is 19.3 Å². The van der Waals surface area contributed by atoms with Crippen LogP contribution in [0.3, 0.4) is 0 Å². The summed E-state index contributed by atoms with van der Waals surface area (Å²) in [5, 5.41) is 13.3. The van der Waals surface area contributed by atoms with Gasteiger partial charge in [-0.05, 0) is 19.3 Å². The molecule has 0 aliphatic heterocycles. The molecule has 1 aliphatic rings. The van der Waals surface area contributed by atoms with Crippen LogP contribution in [0.5, 0.6) is 0 Å². The van der Waals surface area contributed by atoms with E-state index in [4.69, 9.17) is 9.26 Å². The van der Waals surface area contributed by atoms with Crippen molar-refractivity contribution in [3.63, 3.8) is 0 Å². The molecule has 1 N–H and O–H groups in total. The molecule has 2 rings (SSSR count). The Morgan fingerprint density at radius 2 is 2.21 bits per heavy atom. The number of carboxylic acids is 1. The van der Waals surface area contributed by atoms with Crippen molar-refractivity contribution in [2.45, 2.75) is 44.9 Å². The summed E-state index contributed by atoms with van der Waals surface area (Å²) >= 11 is 0. The molecule has 0 bridgehead atoms. The summed E-state index contributed by atoms with van der Waals surface area (Å²) in [5.74, 6) is 0.325. The second-order valence-corrected chi connectivity index (χ2v) is 5.17. The van der Waals surface area contributed by atoms with Gasteiger partial charge in [0.25, 0.3) is 0 Å². The van der Waals surface area contributed by atoms with E-state index in [0.29, 0.717) is 44.0 Å². The lowest BCUT2D eigenvalue weighted by atomic mass is 9.83. The molecule has 0 radical (unpaired) electrons. The Hall–Kier alpha value is -1.43. The van der Waals surface area contributed by atoms with E-state index in [1.807, 2.05) is 0 Å². The SMILES string of the molecule is COCCCc1noc(CC2(C(=O)O)CCCC2)n1. The maximum absolute atomic E-state index is 11.4. The zero-order valence-corrected chi connectivity index (χ0v) is 11.2. The first-order valence-corrected chi connectivity index (χ1v) is 6.70. The van der Waals surface area contributed by atoms with E-state index in [-0.39, 0.29) is 0 Å². The summed E-state index contributed by atoms with van der Waals surface area (Å²) in [4.78, 5) is 15.7. The number of aryl methyl sites for hydroxylation is 1. The molecule has 1 heterocycles. The third-order valence-electron chi connectivity index (χ3n) is 3.76. The summed E-state index contributed by atoms with van der Waals surface area (Å²) in [5.41, 5.74) is -0.698. The number of rotatable bonds is 7. The molecule has 106 valence electrons. The lowest BCUT2D eigenvalue weighted by molar-refractivity contribution is -0.148. The first-order chi connectivity index (χ1) is 9.16. The first kappa shape index (κ1) is 14.0. The number of aliphatic carboxylic acids is 1. The van der Waals surface area contributed by atoms with Crippen LogP contribution in [0.1, 0.15) is 43.8 Å². The third-order valence-corrected chi connectivity index (χ3v) is 3.76. The fraction of sp³-hybridized carbons (Fsp3) is 0.769. The average Bonchev–Trinajstić information content (AvgIpc) is 3.01. The van der Waals surface area contributed by atoms with Gasteiger partial charge in [0, 0.05) is 26.6 Å². The fourth-order valence-corrected chi connectivity index (χ4v) is 2.65. The van der Waals surface area contributed by atoms with Gasteiger partial charge in [-0.3, -0.25) is 4.79 Å². The highest BCUT2D eigenvalue weighted by molar-refractivity contribution is 5.75. The van der Waals surface area contributed by atoms with E-state index < -0.39 is 11.4 Å². The zero-order chi connectivity index (χ0) is 13.7. The van der Waals surface area contributed by atoms with Gasteiger partial charge < -0.3 is 14.4 Å². The quantitative estimate of drug-likeness (QED) is 0.759. The maximum atomic E-state index is 11.4. The number of hydrogen-bond donors (Lipinski definition) is 1. The minimum absolute atomic E-state index is 0.347. The fourth-order valence-electron chi connectivity index (χ4n) is 2.65. The molecule has 0 unspecified atom stereocenters. The summed E-state index contributed by atoms with van der Waals surface area (Å²) < 4.78 is 10.1. The molecule has 0 aromatic carbocycles. The third kappa shape index (κ3) is 3.32. The zero-order valence-electron chi connectivity index (χ0n) is 11.2. The highest BCUT2D eigenvalue weighted by Gasteiger charge is 2.42. The van der Waals surface area contributed by atoms with Gasteiger partial charge in [-0.15, -0.1) is 0 Å². The predicted molar refractivity (Wildman–Crippen MR) is 66.7 cm³/mol. The van der Waals surface area contributed by atoms with Crippen LogP contribution in [0.15, 0.2) is 4.52 Å². The molecule has 0 spiro atoms. The van der Waals surface area contributed by atoms with E-state index in [2.05, 4.69) is 10.1 Å². The molecule has 19 heavy (non-hydrogen) atoms. The van der Waals surface area contributed by atoms with Gasteiger partial charge in [0.05, 0.1) is 5.41 Å². The normalized spacial score (nSPS) is 17.7. The number of aromatic nitrogens is 2. The van der Waals surface area contributed by atoms with E-state index in [9.17, 15) is 9.90 Å². The largest absolute Gasteiger partial charge is 0.481 e. The van der Waals surface area contributed by atoms with Gasteiger partial charge in [0.1, 0.15) is 0 Å². The Kier molecular flexibility index (Phi) is 4.52. The molecule has 1 saturated carbocycles. The molecule has 6 nitrogen and oxygen atoms in total. The molecule has 6 heteroatoms. The molecular formula is C13H20N2O4. The second-order valence-electron chi connectivity index (χ2n) is 5.17. The van der Waals surface area contributed by atoms with Crippen molar-refractivity contribution >= 4 is 5.97 Å². The van der Waals surface area contributed by atoms with Crippen molar-refractivity contribution in [2.75, 3.05) is 13.7 Å². The van der Waals surface area contributed by atoms with Crippen LogP contribution < -0.4 is 0 Å². The van der Waals surface area contributed by atoms with E-state index in [1.165, 1.54) is 0 Å². The summed E-state index contributed by atoms with van der Waals surface area (Å²) in [6, 6.07) is 0. The molecule has 1 aliphatic carbocycles. The van der Waals surface area contributed by atoms with Crippen LogP contribution in [0.25, 0.3) is 0 Å². The van der Waals surface area contributed by atoms with Crippen LogP contribution in [0, 0.1) is 5.41 Å². The summed E-state index contributed by atoms with van der Waals surface area (Å²) in [7, 11) is 1.65. The van der Waals surface area contributed by atoms with Crippen LogP contribution in [-0.2, 0) is 22.4 Å². The van der Waals surface area contributed by atoms with Crippen molar-refractivity contribution in [1.82, 2.24) is 10.1 Å². The standard InChI is InChI=1S/C13H20N2O4/c1-18-8-4-5-10-14-11(19-15-10)9-13(12(16)17)6-2-3-7-13/h2-9H2,1H3,(H,16,17). The first-order valence-electron chi connectivity index (χ1n) is 6.70. The lowest BCUT2D eigenvalue weighted by Gasteiger charge is -2.21. The number of methoxy groups -OCH3 is 1. The monoisotopic (exact) mass is 268 g/mol. The highest BCUT2D eigenvalue weighted by atomic mass is 16.5. The van der Waals surface area contributed by atoms with Crippen molar-refractivity contribution in [3.8, 4) is 0 Å². The minimum atomic E-state index is -0.746. The van der Waals surface area contributed by atoms with Gasteiger partial charge in [-0.1, -0.05) is 18.0 Å². The second kappa shape index (κ2) is 6.14. The smallest absolute Gasteiger partial charge is 0.310 e. The number of carbonyl (C=O) groups is 1. The van der Waals surface area contributed by atoms with E-state index in [1.54, 1.807) is 7.11 Å². The average molecular weight is 268 g/mol. The Morgan fingerprint density at radius 1 is 1.47 bits per heavy atom. The topological polar surface area (TPSA) is 85.5 Å². The Labute approximate surface area is 112 Å². The Balaban J connectivity index is 1.96.